The largest absolute Gasteiger partial charge is 0.481 e. The number of carboxylic acids is 1. The number of carbonyl (C=O) groups excluding carboxylic acids is 2. The van der Waals surface area contributed by atoms with Gasteiger partial charge in [-0.15, -0.1) is 0 Å². The number of carbonyl (C=O) groups is 3. The standard InChI is InChI=1S/C31H29FN2O5/c1-3-17-11-23(12-17)34-30(37)20-6-4-5-19(13-20)24-16-25-26(14-21(24)15-27(35)36)39-29(28(25)31(38)33-2)18-7-9-22(32)10-8-18/h4-10,13-14,16-17,23H,3,11-12,15H2,1-2H3,(H,33,38)(H,34,37)(H,35,36). The van der Waals surface area contributed by atoms with E-state index in [0.29, 0.717) is 44.7 Å². The number of hydrogen-bond donors (Lipinski definition) is 3. The van der Waals surface area contributed by atoms with Gasteiger partial charge < -0.3 is 20.2 Å². The van der Waals surface area contributed by atoms with Crippen molar-refractivity contribution in [3.63, 3.8) is 0 Å². The quantitative estimate of drug-likeness (QED) is 0.267. The van der Waals surface area contributed by atoms with Crippen LogP contribution >= 0.6 is 0 Å². The Labute approximate surface area is 225 Å². The van der Waals surface area contributed by atoms with Crippen molar-refractivity contribution in [1.82, 2.24) is 10.6 Å². The summed E-state index contributed by atoms with van der Waals surface area (Å²) >= 11 is 0. The molecule has 1 fully saturated rings. The van der Waals surface area contributed by atoms with Gasteiger partial charge in [0.05, 0.1) is 12.0 Å². The maximum absolute atomic E-state index is 13.6. The highest BCUT2D eigenvalue weighted by molar-refractivity contribution is 6.12. The lowest BCUT2D eigenvalue weighted by atomic mass is 9.78. The topological polar surface area (TPSA) is 109 Å². The third-order valence-corrected chi connectivity index (χ3v) is 7.40. The Morgan fingerprint density at radius 1 is 1.00 bits per heavy atom. The molecular weight excluding hydrogens is 499 g/mol. The molecule has 7 nitrogen and oxygen atoms in total. The molecule has 0 radical (unpaired) electrons. The van der Waals surface area contributed by atoms with E-state index in [1.165, 1.54) is 31.3 Å². The minimum absolute atomic E-state index is 0.163. The van der Waals surface area contributed by atoms with Gasteiger partial charge in [-0.1, -0.05) is 25.5 Å². The molecule has 0 bridgehead atoms. The van der Waals surface area contributed by atoms with Crippen LogP contribution in [-0.2, 0) is 11.2 Å². The zero-order valence-corrected chi connectivity index (χ0v) is 21.7. The predicted molar refractivity (Wildman–Crippen MR) is 146 cm³/mol. The zero-order chi connectivity index (χ0) is 27.7. The summed E-state index contributed by atoms with van der Waals surface area (Å²) in [6.07, 6.45) is 2.76. The first kappa shape index (κ1) is 26.2. The van der Waals surface area contributed by atoms with Gasteiger partial charge in [0.15, 0.2) is 0 Å². The summed E-state index contributed by atoms with van der Waals surface area (Å²) in [4.78, 5) is 37.7. The van der Waals surface area contributed by atoms with E-state index in [-0.39, 0.29) is 29.7 Å². The molecule has 39 heavy (non-hydrogen) atoms. The monoisotopic (exact) mass is 528 g/mol. The minimum atomic E-state index is -1.03. The van der Waals surface area contributed by atoms with E-state index in [1.54, 1.807) is 36.4 Å². The molecule has 2 amide bonds. The molecule has 8 heteroatoms. The lowest BCUT2D eigenvalue weighted by Crippen LogP contribution is -2.44. The van der Waals surface area contributed by atoms with Gasteiger partial charge in [-0.2, -0.15) is 0 Å². The second-order valence-corrected chi connectivity index (χ2v) is 9.97. The van der Waals surface area contributed by atoms with Gasteiger partial charge in [0, 0.05) is 29.6 Å². The Morgan fingerprint density at radius 3 is 2.41 bits per heavy atom. The van der Waals surface area contributed by atoms with E-state index in [4.69, 9.17) is 4.42 Å². The Kier molecular flexibility index (Phi) is 7.19. The number of furan rings is 1. The SMILES string of the molecule is CCC1CC(NC(=O)c2cccc(-c3cc4c(C(=O)NC)c(-c5ccc(F)cc5)oc4cc3CC(=O)O)c2)C1. The summed E-state index contributed by atoms with van der Waals surface area (Å²) < 4.78 is 19.6. The van der Waals surface area contributed by atoms with Gasteiger partial charge in [-0.3, -0.25) is 14.4 Å². The second-order valence-electron chi connectivity index (χ2n) is 9.97. The molecule has 0 spiro atoms. The van der Waals surface area contributed by atoms with Crippen molar-refractivity contribution in [3.8, 4) is 22.5 Å². The molecule has 1 saturated carbocycles. The first-order valence-electron chi connectivity index (χ1n) is 13.0. The molecule has 1 aliphatic rings. The van der Waals surface area contributed by atoms with Crippen LogP contribution < -0.4 is 10.6 Å². The molecule has 3 aromatic carbocycles. The Hall–Kier alpha value is -4.46. The van der Waals surface area contributed by atoms with Crippen molar-refractivity contribution in [2.75, 3.05) is 7.05 Å². The van der Waals surface area contributed by atoms with Crippen molar-refractivity contribution >= 4 is 28.8 Å². The lowest BCUT2D eigenvalue weighted by molar-refractivity contribution is -0.136. The van der Waals surface area contributed by atoms with Gasteiger partial charge in [0.1, 0.15) is 17.2 Å². The molecule has 1 aromatic heterocycles. The normalized spacial score (nSPS) is 16.5. The summed E-state index contributed by atoms with van der Waals surface area (Å²) in [6.45, 7) is 2.15. The number of amides is 2. The number of benzene rings is 3. The molecule has 0 unspecified atom stereocenters. The summed E-state index contributed by atoms with van der Waals surface area (Å²) in [5, 5.41) is 15.8. The summed E-state index contributed by atoms with van der Waals surface area (Å²) in [6, 6.07) is 16.1. The maximum Gasteiger partial charge on any atom is 0.307 e. The van der Waals surface area contributed by atoms with Crippen molar-refractivity contribution in [3.05, 3.63) is 83.2 Å². The summed E-state index contributed by atoms with van der Waals surface area (Å²) in [5.74, 6) is -1.13. The molecule has 0 saturated heterocycles. The number of halogens is 1. The lowest BCUT2D eigenvalue weighted by Gasteiger charge is -2.35. The molecule has 4 aromatic rings. The van der Waals surface area contributed by atoms with E-state index >= 15 is 0 Å². The molecule has 200 valence electrons. The van der Waals surface area contributed by atoms with Crippen molar-refractivity contribution in [1.29, 1.82) is 0 Å². The average molecular weight is 529 g/mol. The molecular formula is C31H29FN2O5. The highest BCUT2D eigenvalue weighted by Crippen LogP contribution is 2.38. The molecule has 1 heterocycles. The number of carboxylic acid groups (broad SMARTS) is 1. The van der Waals surface area contributed by atoms with Crippen LogP contribution in [0.5, 0.6) is 0 Å². The van der Waals surface area contributed by atoms with Gasteiger partial charge in [0.25, 0.3) is 11.8 Å². The fraction of sp³-hybridized carbons (Fsp3) is 0.258. The van der Waals surface area contributed by atoms with Gasteiger partial charge in [-0.05, 0) is 84.0 Å². The first-order chi connectivity index (χ1) is 18.8. The highest BCUT2D eigenvalue weighted by atomic mass is 19.1. The second kappa shape index (κ2) is 10.7. The highest BCUT2D eigenvalue weighted by Gasteiger charge is 2.29. The molecule has 0 atom stereocenters. The Bertz CT molecular complexity index is 1570. The Balaban J connectivity index is 1.61. The number of rotatable bonds is 8. The fourth-order valence-electron chi connectivity index (χ4n) is 5.20. The van der Waals surface area contributed by atoms with Gasteiger partial charge in [-0.25, -0.2) is 4.39 Å². The van der Waals surface area contributed by atoms with Crippen LogP contribution in [0.1, 0.15) is 52.5 Å². The zero-order valence-electron chi connectivity index (χ0n) is 21.7. The van der Waals surface area contributed by atoms with E-state index in [2.05, 4.69) is 17.6 Å². The van der Waals surface area contributed by atoms with Crippen molar-refractivity contribution < 1.29 is 28.3 Å². The van der Waals surface area contributed by atoms with E-state index < -0.39 is 17.7 Å². The van der Waals surface area contributed by atoms with Crippen LogP contribution in [0.3, 0.4) is 0 Å². The molecule has 5 rings (SSSR count). The van der Waals surface area contributed by atoms with Crippen LogP contribution in [0.4, 0.5) is 4.39 Å². The maximum atomic E-state index is 13.6. The van der Waals surface area contributed by atoms with Crippen LogP contribution in [0, 0.1) is 11.7 Å². The third-order valence-electron chi connectivity index (χ3n) is 7.40. The number of fused-ring (bicyclic) bond motifs is 1. The summed E-state index contributed by atoms with van der Waals surface area (Å²) in [7, 11) is 1.50. The van der Waals surface area contributed by atoms with E-state index in [1.807, 2.05) is 0 Å². The van der Waals surface area contributed by atoms with Crippen molar-refractivity contribution in [2.45, 2.75) is 38.6 Å². The van der Waals surface area contributed by atoms with Crippen LogP contribution in [0.2, 0.25) is 0 Å². The van der Waals surface area contributed by atoms with Gasteiger partial charge >= 0.3 is 5.97 Å². The minimum Gasteiger partial charge on any atom is -0.481 e. The molecule has 3 N–H and O–H groups in total. The number of aliphatic carboxylic acids is 1. The fourth-order valence-corrected chi connectivity index (χ4v) is 5.20. The van der Waals surface area contributed by atoms with E-state index in [9.17, 15) is 23.9 Å². The number of nitrogens with one attached hydrogen (secondary N) is 2. The molecule has 1 aliphatic carbocycles. The average Bonchev–Trinajstić information content (AvgIpc) is 3.27. The Morgan fingerprint density at radius 2 is 1.74 bits per heavy atom. The smallest absolute Gasteiger partial charge is 0.307 e. The summed E-state index contributed by atoms with van der Waals surface area (Å²) in [5.41, 5.74) is 3.26. The molecule has 0 aliphatic heterocycles. The van der Waals surface area contributed by atoms with E-state index in [0.717, 1.165) is 19.3 Å². The van der Waals surface area contributed by atoms with Crippen molar-refractivity contribution in [2.24, 2.45) is 5.92 Å². The third kappa shape index (κ3) is 5.27. The first-order valence-corrected chi connectivity index (χ1v) is 13.0. The van der Waals surface area contributed by atoms with Crippen LogP contribution in [0.15, 0.2) is 65.1 Å². The number of hydrogen-bond acceptors (Lipinski definition) is 4. The van der Waals surface area contributed by atoms with Gasteiger partial charge in [0.2, 0.25) is 0 Å². The van der Waals surface area contributed by atoms with Crippen LogP contribution in [0.25, 0.3) is 33.4 Å². The predicted octanol–water partition coefficient (Wildman–Crippen LogP) is 5.81. The van der Waals surface area contributed by atoms with Crippen LogP contribution in [-0.4, -0.2) is 36.0 Å².